The van der Waals surface area contributed by atoms with Crippen LogP contribution in [0.5, 0.6) is 0 Å². The Morgan fingerprint density at radius 3 is 2.65 bits per heavy atom. The summed E-state index contributed by atoms with van der Waals surface area (Å²) < 4.78 is 5.28. The molecule has 0 radical (unpaired) electrons. The van der Waals surface area contributed by atoms with Gasteiger partial charge in [-0.2, -0.15) is 0 Å². The number of hydrogen-bond acceptors (Lipinski definition) is 3. The summed E-state index contributed by atoms with van der Waals surface area (Å²) in [6, 6.07) is 6.68. The van der Waals surface area contributed by atoms with E-state index in [9.17, 15) is 4.79 Å². The molecule has 1 rings (SSSR count). The van der Waals surface area contributed by atoms with Crippen molar-refractivity contribution in [3.63, 3.8) is 0 Å². The molecule has 3 nitrogen and oxygen atoms in total. The number of halogens is 1. The summed E-state index contributed by atoms with van der Waals surface area (Å²) in [4.78, 5) is 11.7. The first kappa shape index (κ1) is 14.0. The number of carbonyl (C=O) groups excluding carboxylic acids is 1. The molecule has 0 aliphatic carbocycles. The molecule has 94 valence electrons. The second-order valence-electron chi connectivity index (χ2n) is 3.93. The van der Waals surface area contributed by atoms with E-state index >= 15 is 0 Å². The van der Waals surface area contributed by atoms with Gasteiger partial charge in [0.15, 0.2) is 0 Å². The molecule has 1 unspecified atom stereocenters. The molecule has 1 aromatic carbocycles. The molecule has 0 saturated heterocycles. The maximum atomic E-state index is 11.7. The van der Waals surface area contributed by atoms with Gasteiger partial charge in [0.1, 0.15) is 6.10 Å². The summed E-state index contributed by atoms with van der Waals surface area (Å²) in [5.41, 5.74) is 0.525. The molecule has 1 atom stereocenters. The monoisotopic (exact) mass is 255 g/mol. The lowest BCUT2D eigenvalue weighted by atomic mass is 10.2. The fourth-order valence-corrected chi connectivity index (χ4v) is 1.49. The molecule has 0 saturated carbocycles. The van der Waals surface area contributed by atoms with Crippen LogP contribution in [-0.4, -0.2) is 25.2 Å². The number of benzene rings is 1. The van der Waals surface area contributed by atoms with Crippen molar-refractivity contribution in [2.24, 2.45) is 0 Å². The van der Waals surface area contributed by atoms with Gasteiger partial charge in [0.2, 0.25) is 0 Å². The predicted octanol–water partition coefficient (Wildman–Crippen LogP) is 2.88. The number of rotatable bonds is 6. The van der Waals surface area contributed by atoms with Crippen LogP contribution < -0.4 is 5.32 Å². The minimum Gasteiger partial charge on any atom is -0.458 e. The molecule has 0 aromatic heterocycles. The number of hydrogen-bond donors (Lipinski definition) is 1. The SMILES string of the molecule is CCCNCC(C)OC(=O)c1ccc(Cl)cc1. The van der Waals surface area contributed by atoms with Crippen LogP contribution in [0.1, 0.15) is 30.6 Å². The summed E-state index contributed by atoms with van der Waals surface area (Å²) in [7, 11) is 0. The standard InChI is InChI=1S/C13H18ClNO2/c1-3-8-15-9-10(2)17-13(16)11-4-6-12(14)7-5-11/h4-7,10,15H,3,8-9H2,1-2H3. The van der Waals surface area contributed by atoms with Crippen LogP contribution in [0.3, 0.4) is 0 Å². The molecule has 4 heteroatoms. The molecule has 1 N–H and O–H groups in total. The summed E-state index contributed by atoms with van der Waals surface area (Å²) in [6.07, 6.45) is 0.933. The van der Waals surface area contributed by atoms with Crippen LogP contribution in [0, 0.1) is 0 Å². The Morgan fingerprint density at radius 1 is 1.41 bits per heavy atom. The number of carbonyl (C=O) groups is 1. The van der Waals surface area contributed by atoms with Gasteiger partial charge in [0.25, 0.3) is 0 Å². The lowest BCUT2D eigenvalue weighted by molar-refractivity contribution is 0.0343. The van der Waals surface area contributed by atoms with E-state index in [0.29, 0.717) is 17.1 Å². The highest BCUT2D eigenvalue weighted by molar-refractivity contribution is 6.30. The highest BCUT2D eigenvalue weighted by Gasteiger charge is 2.11. The van der Waals surface area contributed by atoms with Gasteiger partial charge in [-0.1, -0.05) is 18.5 Å². The number of esters is 1. The normalized spacial score (nSPS) is 12.2. The molecule has 17 heavy (non-hydrogen) atoms. The van der Waals surface area contributed by atoms with Gasteiger partial charge in [0, 0.05) is 11.6 Å². The van der Waals surface area contributed by atoms with E-state index in [-0.39, 0.29) is 12.1 Å². The average molecular weight is 256 g/mol. The third kappa shape index (κ3) is 5.20. The molecule has 1 aromatic rings. The first-order chi connectivity index (χ1) is 8.13. The Morgan fingerprint density at radius 2 is 2.06 bits per heavy atom. The topological polar surface area (TPSA) is 38.3 Å². The first-order valence-corrected chi connectivity index (χ1v) is 6.18. The van der Waals surface area contributed by atoms with Gasteiger partial charge in [-0.25, -0.2) is 4.79 Å². The van der Waals surface area contributed by atoms with Crippen molar-refractivity contribution in [2.75, 3.05) is 13.1 Å². The van der Waals surface area contributed by atoms with E-state index in [1.165, 1.54) is 0 Å². The minimum absolute atomic E-state index is 0.135. The lowest BCUT2D eigenvalue weighted by Gasteiger charge is -2.13. The zero-order valence-corrected chi connectivity index (χ0v) is 11.0. The molecule has 0 amide bonds. The van der Waals surface area contributed by atoms with E-state index < -0.39 is 0 Å². The van der Waals surface area contributed by atoms with E-state index in [1.54, 1.807) is 24.3 Å². The van der Waals surface area contributed by atoms with Crippen molar-refractivity contribution in [1.82, 2.24) is 5.32 Å². The van der Waals surface area contributed by atoms with Crippen LogP contribution >= 0.6 is 11.6 Å². The van der Waals surface area contributed by atoms with Crippen molar-refractivity contribution in [3.05, 3.63) is 34.9 Å². The third-order valence-corrected chi connectivity index (χ3v) is 2.50. The fourth-order valence-electron chi connectivity index (χ4n) is 1.36. The Balaban J connectivity index is 2.40. The second kappa shape index (κ2) is 7.30. The van der Waals surface area contributed by atoms with Crippen molar-refractivity contribution in [3.8, 4) is 0 Å². The van der Waals surface area contributed by atoms with Gasteiger partial charge in [0.05, 0.1) is 5.56 Å². The Kier molecular flexibility index (Phi) is 6.01. The molecular weight excluding hydrogens is 238 g/mol. The molecule has 0 spiro atoms. The van der Waals surface area contributed by atoms with Crippen LogP contribution in [-0.2, 0) is 4.74 Å². The van der Waals surface area contributed by atoms with Crippen molar-refractivity contribution >= 4 is 17.6 Å². The largest absolute Gasteiger partial charge is 0.458 e. The number of nitrogens with one attached hydrogen (secondary N) is 1. The minimum atomic E-state index is -0.313. The first-order valence-electron chi connectivity index (χ1n) is 5.80. The average Bonchev–Trinajstić information content (AvgIpc) is 2.30. The zero-order chi connectivity index (χ0) is 12.7. The van der Waals surface area contributed by atoms with E-state index in [2.05, 4.69) is 12.2 Å². The zero-order valence-electron chi connectivity index (χ0n) is 10.2. The second-order valence-corrected chi connectivity index (χ2v) is 4.36. The van der Waals surface area contributed by atoms with Crippen LogP contribution in [0.4, 0.5) is 0 Å². The summed E-state index contributed by atoms with van der Waals surface area (Å²) in [5.74, 6) is -0.313. The van der Waals surface area contributed by atoms with E-state index in [0.717, 1.165) is 13.0 Å². The molecule has 0 aliphatic rings. The Labute approximate surface area is 107 Å². The van der Waals surface area contributed by atoms with Crippen LogP contribution in [0.25, 0.3) is 0 Å². The Bertz CT molecular complexity index is 351. The van der Waals surface area contributed by atoms with Crippen LogP contribution in [0.2, 0.25) is 5.02 Å². The molecule has 0 aliphatic heterocycles. The van der Waals surface area contributed by atoms with Crippen molar-refractivity contribution in [1.29, 1.82) is 0 Å². The van der Waals surface area contributed by atoms with Crippen molar-refractivity contribution < 1.29 is 9.53 Å². The van der Waals surface area contributed by atoms with Crippen LogP contribution in [0.15, 0.2) is 24.3 Å². The fraction of sp³-hybridized carbons (Fsp3) is 0.462. The molecule has 0 heterocycles. The quantitative estimate of drug-likeness (QED) is 0.628. The summed E-state index contributed by atoms with van der Waals surface area (Å²) in [5, 5.41) is 3.81. The molecule has 0 fully saturated rings. The van der Waals surface area contributed by atoms with E-state index in [1.807, 2.05) is 6.92 Å². The molecular formula is C13H18ClNO2. The molecule has 0 bridgehead atoms. The summed E-state index contributed by atoms with van der Waals surface area (Å²) >= 11 is 5.74. The van der Waals surface area contributed by atoms with Crippen molar-refractivity contribution in [2.45, 2.75) is 26.4 Å². The van der Waals surface area contributed by atoms with E-state index in [4.69, 9.17) is 16.3 Å². The van der Waals surface area contributed by atoms with Gasteiger partial charge in [-0.05, 0) is 44.2 Å². The van der Waals surface area contributed by atoms with Gasteiger partial charge in [-0.15, -0.1) is 0 Å². The maximum absolute atomic E-state index is 11.7. The predicted molar refractivity (Wildman–Crippen MR) is 69.5 cm³/mol. The highest BCUT2D eigenvalue weighted by atomic mass is 35.5. The van der Waals surface area contributed by atoms with Gasteiger partial charge < -0.3 is 10.1 Å². The smallest absolute Gasteiger partial charge is 0.338 e. The van der Waals surface area contributed by atoms with Gasteiger partial charge >= 0.3 is 5.97 Å². The summed E-state index contributed by atoms with van der Waals surface area (Å²) in [6.45, 7) is 5.57. The highest BCUT2D eigenvalue weighted by Crippen LogP contribution is 2.11. The third-order valence-electron chi connectivity index (χ3n) is 2.25. The Hall–Kier alpha value is -1.06. The number of ether oxygens (including phenoxy) is 1. The lowest BCUT2D eigenvalue weighted by Crippen LogP contribution is -2.29. The maximum Gasteiger partial charge on any atom is 0.338 e. The van der Waals surface area contributed by atoms with Gasteiger partial charge in [-0.3, -0.25) is 0 Å².